The van der Waals surface area contributed by atoms with E-state index in [0.717, 1.165) is 16.3 Å². The van der Waals surface area contributed by atoms with E-state index in [2.05, 4.69) is 20.1 Å². The minimum absolute atomic E-state index is 0.118. The molecule has 8 nitrogen and oxygen atoms in total. The molecule has 0 aliphatic heterocycles. The van der Waals surface area contributed by atoms with E-state index in [9.17, 15) is 13.2 Å². The molecule has 0 fully saturated rings. The Morgan fingerprint density at radius 3 is 2.52 bits per heavy atom. The third-order valence-electron chi connectivity index (χ3n) is 5.30. The zero-order valence-electron chi connectivity index (χ0n) is 18.3. The van der Waals surface area contributed by atoms with Gasteiger partial charge in [0.05, 0.1) is 4.90 Å². The first-order chi connectivity index (χ1) is 15.8. The van der Waals surface area contributed by atoms with Crippen LogP contribution < -0.4 is 10.0 Å². The van der Waals surface area contributed by atoms with Crippen LogP contribution in [0, 0.1) is 5.92 Å². The molecule has 0 bridgehead atoms. The molecular weight excluding hydrogens is 438 g/mol. The molecule has 9 heteroatoms. The number of aromatic nitrogens is 3. The SMILES string of the molecule is CC(C)[C@H](NS(=O)(=O)c1ccc2ccccc2c1)C(=O)NCc1cccnc1-n1cccn1. The molecule has 33 heavy (non-hydrogen) atoms. The van der Waals surface area contributed by atoms with E-state index in [1.54, 1.807) is 67.5 Å². The number of sulfonamides is 1. The molecule has 0 aliphatic rings. The number of carbonyl (C=O) groups excluding carboxylic acids is 1. The van der Waals surface area contributed by atoms with Crippen molar-refractivity contribution in [3.05, 3.63) is 84.8 Å². The Morgan fingerprint density at radius 2 is 1.79 bits per heavy atom. The Morgan fingerprint density at radius 1 is 1.00 bits per heavy atom. The molecule has 0 saturated carbocycles. The predicted molar refractivity (Wildman–Crippen MR) is 126 cm³/mol. The number of carbonyl (C=O) groups is 1. The van der Waals surface area contributed by atoms with Gasteiger partial charge in [-0.15, -0.1) is 0 Å². The average Bonchev–Trinajstić information content (AvgIpc) is 3.35. The molecule has 2 aromatic heterocycles. The van der Waals surface area contributed by atoms with Gasteiger partial charge in [0.2, 0.25) is 15.9 Å². The lowest BCUT2D eigenvalue weighted by atomic mass is 10.0. The standard InChI is InChI=1S/C24H25N5O3S/c1-17(2)22(28-33(31,32)21-11-10-18-7-3-4-8-19(18)15-21)24(30)26-16-20-9-5-12-25-23(20)29-14-6-13-27-29/h3-15,17,22,28H,16H2,1-2H3,(H,26,30)/t22-/m0/s1. The van der Waals surface area contributed by atoms with Crippen LogP contribution in [-0.4, -0.2) is 35.1 Å². The summed E-state index contributed by atoms with van der Waals surface area (Å²) in [5, 5.41) is 8.79. The number of amides is 1. The number of fused-ring (bicyclic) bond motifs is 1. The molecule has 2 N–H and O–H groups in total. The van der Waals surface area contributed by atoms with Gasteiger partial charge < -0.3 is 5.32 Å². The minimum Gasteiger partial charge on any atom is -0.350 e. The number of hydrogen-bond donors (Lipinski definition) is 2. The molecule has 2 aromatic carbocycles. The molecular formula is C24H25N5O3S. The lowest BCUT2D eigenvalue weighted by molar-refractivity contribution is -0.123. The quantitative estimate of drug-likeness (QED) is 0.418. The molecule has 0 aliphatic carbocycles. The highest BCUT2D eigenvalue weighted by Gasteiger charge is 2.28. The summed E-state index contributed by atoms with van der Waals surface area (Å²) in [5.74, 6) is -0.0787. The fourth-order valence-electron chi connectivity index (χ4n) is 3.52. The maximum Gasteiger partial charge on any atom is 0.241 e. The van der Waals surface area contributed by atoms with Crippen LogP contribution in [0.15, 0.2) is 84.1 Å². The number of nitrogens with one attached hydrogen (secondary N) is 2. The summed E-state index contributed by atoms with van der Waals surface area (Å²) in [6.45, 7) is 3.78. The lowest BCUT2D eigenvalue weighted by Crippen LogP contribution is -2.49. The Hall–Kier alpha value is -3.56. The molecule has 0 radical (unpaired) electrons. The van der Waals surface area contributed by atoms with Crippen LogP contribution in [0.4, 0.5) is 0 Å². The molecule has 0 unspecified atom stereocenters. The molecule has 1 amide bonds. The molecule has 170 valence electrons. The van der Waals surface area contributed by atoms with Crippen LogP contribution in [-0.2, 0) is 21.4 Å². The van der Waals surface area contributed by atoms with Gasteiger partial charge >= 0.3 is 0 Å². The van der Waals surface area contributed by atoms with Gasteiger partial charge in [0.25, 0.3) is 0 Å². The Balaban J connectivity index is 1.51. The van der Waals surface area contributed by atoms with Gasteiger partial charge in [-0.05, 0) is 41.0 Å². The number of pyridine rings is 1. The Bertz CT molecular complexity index is 1370. The molecule has 0 saturated heterocycles. The predicted octanol–water partition coefficient (Wildman–Crippen LogP) is 3.04. The van der Waals surface area contributed by atoms with Crippen molar-refractivity contribution >= 4 is 26.7 Å². The highest BCUT2D eigenvalue weighted by molar-refractivity contribution is 7.89. The highest BCUT2D eigenvalue weighted by Crippen LogP contribution is 2.20. The zero-order valence-corrected chi connectivity index (χ0v) is 19.2. The second-order valence-electron chi connectivity index (χ2n) is 8.01. The summed E-state index contributed by atoms with van der Waals surface area (Å²) >= 11 is 0. The van der Waals surface area contributed by atoms with Gasteiger partial charge in [-0.25, -0.2) is 18.1 Å². The van der Waals surface area contributed by atoms with Crippen LogP contribution in [0.2, 0.25) is 0 Å². The fraction of sp³-hybridized carbons (Fsp3) is 0.208. The monoisotopic (exact) mass is 463 g/mol. The topological polar surface area (TPSA) is 106 Å². The maximum absolute atomic E-state index is 13.1. The third-order valence-corrected chi connectivity index (χ3v) is 6.74. The van der Waals surface area contributed by atoms with Gasteiger partial charge in [-0.3, -0.25) is 4.79 Å². The largest absolute Gasteiger partial charge is 0.350 e. The van der Waals surface area contributed by atoms with Gasteiger partial charge in [-0.2, -0.15) is 9.82 Å². The van der Waals surface area contributed by atoms with Crippen molar-refractivity contribution in [2.24, 2.45) is 5.92 Å². The van der Waals surface area contributed by atoms with Crippen LogP contribution in [0.3, 0.4) is 0 Å². The molecule has 4 aromatic rings. The van der Waals surface area contributed by atoms with Crippen molar-refractivity contribution in [2.75, 3.05) is 0 Å². The van der Waals surface area contributed by atoms with Crippen LogP contribution in [0.25, 0.3) is 16.6 Å². The van der Waals surface area contributed by atoms with Gasteiger partial charge in [-0.1, -0.05) is 50.2 Å². The normalized spacial score (nSPS) is 12.7. The van der Waals surface area contributed by atoms with Crippen molar-refractivity contribution in [3.63, 3.8) is 0 Å². The van der Waals surface area contributed by atoms with E-state index < -0.39 is 22.0 Å². The van der Waals surface area contributed by atoms with Crippen LogP contribution in [0.5, 0.6) is 0 Å². The highest BCUT2D eigenvalue weighted by atomic mass is 32.2. The van der Waals surface area contributed by atoms with E-state index in [-0.39, 0.29) is 17.4 Å². The molecule has 1 atom stereocenters. The zero-order chi connectivity index (χ0) is 23.4. The summed E-state index contributed by atoms with van der Waals surface area (Å²) in [7, 11) is -3.90. The molecule has 2 heterocycles. The first-order valence-corrected chi connectivity index (χ1v) is 12.1. The Kier molecular flexibility index (Phi) is 6.52. The van der Waals surface area contributed by atoms with E-state index in [0.29, 0.717) is 5.82 Å². The van der Waals surface area contributed by atoms with Crippen molar-refractivity contribution in [2.45, 2.75) is 31.3 Å². The third kappa shape index (κ3) is 5.10. The second kappa shape index (κ2) is 9.51. The Labute approximate surface area is 192 Å². The van der Waals surface area contributed by atoms with Crippen LogP contribution in [0.1, 0.15) is 19.4 Å². The smallest absolute Gasteiger partial charge is 0.241 e. The first-order valence-electron chi connectivity index (χ1n) is 10.6. The van der Waals surface area contributed by atoms with E-state index >= 15 is 0 Å². The van der Waals surface area contributed by atoms with E-state index in [1.165, 1.54) is 0 Å². The average molecular weight is 464 g/mol. The number of hydrogen-bond acceptors (Lipinski definition) is 5. The summed E-state index contributed by atoms with van der Waals surface area (Å²) in [6.07, 6.45) is 5.06. The number of rotatable bonds is 8. The lowest BCUT2D eigenvalue weighted by Gasteiger charge is -2.22. The summed E-state index contributed by atoms with van der Waals surface area (Å²) in [4.78, 5) is 17.5. The van der Waals surface area contributed by atoms with E-state index in [1.807, 2.05) is 30.3 Å². The van der Waals surface area contributed by atoms with Crippen LogP contribution >= 0.6 is 0 Å². The van der Waals surface area contributed by atoms with Crippen molar-refractivity contribution in [1.29, 1.82) is 0 Å². The van der Waals surface area contributed by atoms with Gasteiger partial charge in [0.1, 0.15) is 6.04 Å². The summed E-state index contributed by atoms with van der Waals surface area (Å²) in [5.41, 5.74) is 0.759. The van der Waals surface area contributed by atoms with Crippen molar-refractivity contribution in [1.82, 2.24) is 24.8 Å². The summed E-state index contributed by atoms with van der Waals surface area (Å²) in [6, 6.07) is 16.9. The number of benzene rings is 2. The second-order valence-corrected chi connectivity index (χ2v) is 9.72. The molecule has 4 rings (SSSR count). The minimum atomic E-state index is -3.90. The molecule has 0 spiro atoms. The van der Waals surface area contributed by atoms with Crippen molar-refractivity contribution < 1.29 is 13.2 Å². The van der Waals surface area contributed by atoms with Gasteiger partial charge in [0.15, 0.2) is 5.82 Å². The van der Waals surface area contributed by atoms with Gasteiger partial charge in [0, 0.05) is 30.7 Å². The first kappa shape index (κ1) is 22.6. The fourth-order valence-corrected chi connectivity index (χ4v) is 4.90. The van der Waals surface area contributed by atoms with Crippen molar-refractivity contribution in [3.8, 4) is 5.82 Å². The van der Waals surface area contributed by atoms with E-state index in [4.69, 9.17) is 0 Å². The summed E-state index contributed by atoms with van der Waals surface area (Å²) < 4.78 is 30.3. The number of nitrogens with zero attached hydrogens (tertiary/aromatic N) is 3. The maximum atomic E-state index is 13.1.